The van der Waals surface area contributed by atoms with Crippen LogP contribution in [0.25, 0.3) is 0 Å². The maximum Gasteiger partial charge on any atom is 0.0601 e. The second kappa shape index (κ2) is 5.69. The van der Waals surface area contributed by atoms with Gasteiger partial charge in [0.05, 0.1) is 6.61 Å². The van der Waals surface area contributed by atoms with E-state index >= 15 is 0 Å². The lowest BCUT2D eigenvalue weighted by Gasteiger charge is -2.38. The Hall–Kier alpha value is -0.120. The number of hydrogen-bond donors (Lipinski definition) is 2. The summed E-state index contributed by atoms with van der Waals surface area (Å²) in [6, 6.07) is 0.803. The zero-order valence-electron chi connectivity index (χ0n) is 9.45. The van der Waals surface area contributed by atoms with Gasteiger partial charge in [-0.1, -0.05) is 19.3 Å². The topological polar surface area (TPSA) is 49.5 Å². The van der Waals surface area contributed by atoms with Gasteiger partial charge in [-0.05, 0) is 26.8 Å². The average Bonchev–Trinajstić information content (AvgIpc) is 2.19. The summed E-state index contributed by atoms with van der Waals surface area (Å²) in [5.41, 5.74) is 5.85. The van der Waals surface area contributed by atoms with Crippen molar-refractivity contribution < 1.29 is 5.11 Å². The van der Waals surface area contributed by atoms with E-state index in [4.69, 9.17) is 5.73 Å². The van der Waals surface area contributed by atoms with E-state index in [0.717, 1.165) is 0 Å². The predicted octanol–water partition coefficient (Wildman–Crippen LogP) is 0.959. The van der Waals surface area contributed by atoms with Gasteiger partial charge in [0.2, 0.25) is 0 Å². The van der Waals surface area contributed by atoms with E-state index in [-0.39, 0.29) is 18.7 Å². The van der Waals surface area contributed by atoms with Crippen LogP contribution >= 0.6 is 0 Å². The highest BCUT2D eigenvalue weighted by molar-refractivity contribution is 4.83. The summed E-state index contributed by atoms with van der Waals surface area (Å²) in [4.78, 5) is 2.28. The third-order valence-electron chi connectivity index (χ3n) is 3.47. The second-order valence-corrected chi connectivity index (χ2v) is 4.57. The van der Waals surface area contributed by atoms with Gasteiger partial charge in [-0.25, -0.2) is 0 Å². The highest BCUT2D eigenvalue weighted by atomic mass is 16.3. The lowest BCUT2D eigenvalue weighted by Crippen LogP contribution is -2.51. The molecule has 0 aromatic carbocycles. The van der Waals surface area contributed by atoms with E-state index in [1.807, 2.05) is 6.92 Å². The molecular formula is C11H24N2O. The Kier molecular flexibility index (Phi) is 4.85. The highest BCUT2D eigenvalue weighted by Gasteiger charge is 2.25. The quantitative estimate of drug-likeness (QED) is 0.710. The first kappa shape index (κ1) is 12.0. The number of rotatable bonds is 4. The van der Waals surface area contributed by atoms with Crippen molar-refractivity contribution in [2.75, 3.05) is 13.7 Å². The first-order valence-corrected chi connectivity index (χ1v) is 5.75. The fraction of sp³-hybridized carbons (Fsp3) is 1.00. The molecule has 84 valence electrons. The molecule has 0 saturated heterocycles. The van der Waals surface area contributed by atoms with Crippen molar-refractivity contribution in [2.45, 2.75) is 57.2 Å². The van der Waals surface area contributed by atoms with E-state index in [1.54, 1.807) is 0 Å². The minimum atomic E-state index is 0.0481. The van der Waals surface area contributed by atoms with Gasteiger partial charge in [-0.3, -0.25) is 4.90 Å². The van der Waals surface area contributed by atoms with Crippen LogP contribution in [-0.2, 0) is 0 Å². The van der Waals surface area contributed by atoms with Crippen LogP contribution < -0.4 is 5.73 Å². The molecular weight excluding hydrogens is 176 g/mol. The van der Waals surface area contributed by atoms with Gasteiger partial charge in [-0.15, -0.1) is 0 Å². The summed E-state index contributed by atoms with van der Waals surface area (Å²) in [7, 11) is 2.10. The Bertz CT molecular complexity index is 155. The molecule has 1 saturated carbocycles. The number of aliphatic hydroxyl groups is 1. The lowest BCUT2D eigenvalue weighted by atomic mass is 9.93. The van der Waals surface area contributed by atoms with Crippen molar-refractivity contribution >= 4 is 0 Å². The van der Waals surface area contributed by atoms with Crippen LogP contribution in [0, 0.1) is 0 Å². The minimum Gasteiger partial charge on any atom is -0.395 e. The first-order chi connectivity index (χ1) is 6.66. The van der Waals surface area contributed by atoms with Gasteiger partial charge in [-0.2, -0.15) is 0 Å². The van der Waals surface area contributed by atoms with E-state index in [2.05, 4.69) is 11.9 Å². The van der Waals surface area contributed by atoms with Crippen LogP contribution in [0.5, 0.6) is 0 Å². The van der Waals surface area contributed by atoms with Crippen molar-refractivity contribution in [1.82, 2.24) is 4.90 Å². The van der Waals surface area contributed by atoms with Gasteiger partial charge in [0, 0.05) is 18.1 Å². The summed E-state index contributed by atoms with van der Waals surface area (Å²) in [6.07, 6.45) is 6.55. The SMILES string of the molecule is CC(N)C(CO)N(C)C1CCCCC1. The number of hydrogen-bond acceptors (Lipinski definition) is 3. The Morgan fingerprint density at radius 1 is 1.36 bits per heavy atom. The zero-order valence-corrected chi connectivity index (χ0v) is 9.45. The highest BCUT2D eigenvalue weighted by Crippen LogP contribution is 2.23. The predicted molar refractivity (Wildman–Crippen MR) is 59.2 cm³/mol. The number of nitrogens with two attached hydrogens (primary N) is 1. The molecule has 0 spiro atoms. The van der Waals surface area contributed by atoms with Crippen molar-refractivity contribution in [3.63, 3.8) is 0 Å². The van der Waals surface area contributed by atoms with Crippen molar-refractivity contribution in [2.24, 2.45) is 5.73 Å². The Morgan fingerprint density at radius 2 is 1.93 bits per heavy atom. The Balaban J connectivity index is 2.47. The minimum absolute atomic E-state index is 0.0481. The van der Waals surface area contributed by atoms with Crippen LogP contribution in [0.1, 0.15) is 39.0 Å². The summed E-state index contributed by atoms with van der Waals surface area (Å²) in [5, 5.41) is 9.28. The molecule has 0 radical (unpaired) electrons. The molecule has 2 atom stereocenters. The molecule has 3 nitrogen and oxygen atoms in total. The van der Waals surface area contributed by atoms with E-state index in [9.17, 15) is 5.11 Å². The number of nitrogens with zero attached hydrogens (tertiary/aromatic N) is 1. The van der Waals surface area contributed by atoms with Gasteiger partial charge < -0.3 is 10.8 Å². The molecule has 0 aromatic heterocycles. The Morgan fingerprint density at radius 3 is 2.36 bits per heavy atom. The van der Waals surface area contributed by atoms with E-state index in [1.165, 1.54) is 32.1 Å². The van der Waals surface area contributed by atoms with Crippen LogP contribution in [0.4, 0.5) is 0 Å². The molecule has 1 aliphatic carbocycles. The monoisotopic (exact) mass is 200 g/mol. The smallest absolute Gasteiger partial charge is 0.0601 e. The molecule has 1 rings (SSSR count). The van der Waals surface area contributed by atoms with Gasteiger partial charge in [0.1, 0.15) is 0 Å². The van der Waals surface area contributed by atoms with E-state index < -0.39 is 0 Å². The molecule has 3 N–H and O–H groups in total. The van der Waals surface area contributed by atoms with E-state index in [0.29, 0.717) is 6.04 Å². The average molecular weight is 200 g/mol. The van der Waals surface area contributed by atoms with Crippen LogP contribution in [-0.4, -0.2) is 41.8 Å². The molecule has 2 unspecified atom stereocenters. The second-order valence-electron chi connectivity index (χ2n) is 4.57. The molecule has 0 amide bonds. The molecule has 14 heavy (non-hydrogen) atoms. The van der Waals surface area contributed by atoms with Crippen molar-refractivity contribution in [3.8, 4) is 0 Å². The molecule has 1 fully saturated rings. The van der Waals surface area contributed by atoms with Gasteiger partial charge in [0.25, 0.3) is 0 Å². The molecule has 1 aliphatic rings. The number of aliphatic hydroxyl groups excluding tert-OH is 1. The Labute approximate surface area is 87.3 Å². The molecule has 3 heteroatoms. The normalized spacial score (nSPS) is 23.8. The summed E-state index contributed by atoms with van der Waals surface area (Å²) >= 11 is 0. The van der Waals surface area contributed by atoms with Crippen LogP contribution in [0.15, 0.2) is 0 Å². The van der Waals surface area contributed by atoms with Crippen LogP contribution in [0.3, 0.4) is 0 Å². The fourth-order valence-electron chi connectivity index (χ4n) is 2.43. The molecule has 0 heterocycles. The fourth-order valence-corrected chi connectivity index (χ4v) is 2.43. The van der Waals surface area contributed by atoms with Gasteiger partial charge in [0.15, 0.2) is 0 Å². The lowest BCUT2D eigenvalue weighted by molar-refractivity contribution is 0.0774. The standard InChI is InChI=1S/C11H24N2O/c1-9(12)11(8-14)13(2)10-6-4-3-5-7-10/h9-11,14H,3-8,12H2,1-2H3. The molecule has 0 aliphatic heterocycles. The van der Waals surface area contributed by atoms with Crippen LogP contribution in [0.2, 0.25) is 0 Å². The van der Waals surface area contributed by atoms with Crippen molar-refractivity contribution in [3.05, 3.63) is 0 Å². The third-order valence-corrected chi connectivity index (χ3v) is 3.47. The third kappa shape index (κ3) is 2.94. The van der Waals surface area contributed by atoms with Gasteiger partial charge >= 0.3 is 0 Å². The summed E-state index contributed by atoms with van der Waals surface area (Å²) in [5.74, 6) is 0. The summed E-state index contributed by atoms with van der Waals surface area (Å²) < 4.78 is 0. The maximum absolute atomic E-state index is 9.28. The maximum atomic E-state index is 9.28. The number of likely N-dealkylation sites (N-methyl/N-ethyl adjacent to an activating group) is 1. The summed E-state index contributed by atoms with van der Waals surface area (Å²) in [6.45, 7) is 2.14. The molecule has 0 bridgehead atoms. The first-order valence-electron chi connectivity index (χ1n) is 5.75. The van der Waals surface area contributed by atoms with Crippen molar-refractivity contribution in [1.29, 1.82) is 0 Å². The largest absolute Gasteiger partial charge is 0.395 e. The molecule has 0 aromatic rings. The zero-order chi connectivity index (χ0) is 10.6.